The average molecular weight is 428 g/mol. The third kappa shape index (κ3) is 4.00. The maximum atomic E-state index is 13.0. The van der Waals surface area contributed by atoms with Gasteiger partial charge >= 0.3 is 0 Å². The predicted molar refractivity (Wildman–Crippen MR) is 115 cm³/mol. The van der Waals surface area contributed by atoms with Crippen LogP contribution in [0.15, 0.2) is 22.2 Å². The van der Waals surface area contributed by atoms with Gasteiger partial charge < -0.3 is 9.47 Å². The van der Waals surface area contributed by atoms with E-state index in [0.29, 0.717) is 12.3 Å². The maximum absolute atomic E-state index is 13.0. The van der Waals surface area contributed by atoms with E-state index >= 15 is 0 Å². The lowest BCUT2D eigenvalue weighted by Crippen LogP contribution is -2.40. The second-order valence-electron chi connectivity index (χ2n) is 7.95. The summed E-state index contributed by atoms with van der Waals surface area (Å²) >= 11 is 3.28. The molecule has 6 nitrogen and oxygen atoms in total. The summed E-state index contributed by atoms with van der Waals surface area (Å²) in [6.45, 7) is 2.60. The summed E-state index contributed by atoms with van der Waals surface area (Å²) in [6.07, 6.45) is 7.18. The summed E-state index contributed by atoms with van der Waals surface area (Å²) in [4.78, 5) is 19.7. The van der Waals surface area contributed by atoms with Crippen LogP contribution in [0.2, 0.25) is 0 Å². The SMILES string of the molecule is O=C(Cc1csc(-c2ccsc2)n1)N1CCCC(c2nnc3n2CCCCC3)C1. The molecular formula is C21H25N5OS2. The molecule has 1 amide bonds. The first-order chi connectivity index (χ1) is 14.3. The molecule has 5 heterocycles. The van der Waals surface area contributed by atoms with Gasteiger partial charge in [0.2, 0.25) is 5.91 Å². The minimum Gasteiger partial charge on any atom is -0.342 e. The Bertz CT molecular complexity index is 977. The summed E-state index contributed by atoms with van der Waals surface area (Å²) < 4.78 is 2.33. The molecule has 3 aromatic heterocycles. The van der Waals surface area contributed by atoms with Gasteiger partial charge in [-0.1, -0.05) is 6.42 Å². The molecule has 29 heavy (non-hydrogen) atoms. The molecule has 8 heteroatoms. The number of thiazole rings is 1. The van der Waals surface area contributed by atoms with Gasteiger partial charge in [0.05, 0.1) is 12.1 Å². The van der Waals surface area contributed by atoms with Crippen molar-refractivity contribution in [2.75, 3.05) is 13.1 Å². The molecule has 2 aliphatic heterocycles. The van der Waals surface area contributed by atoms with Crippen molar-refractivity contribution < 1.29 is 4.79 Å². The van der Waals surface area contributed by atoms with Crippen molar-refractivity contribution in [2.24, 2.45) is 0 Å². The molecule has 152 valence electrons. The van der Waals surface area contributed by atoms with E-state index in [9.17, 15) is 4.79 Å². The van der Waals surface area contributed by atoms with E-state index in [1.54, 1.807) is 22.7 Å². The van der Waals surface area contributed by atoms with Crippen molar-refractivity contribution in [3.8, 4) is 10.6 Å². The van der Waals surface area contributed by atoms with E-state index in [1.165, 1.54) is 19.3 Å². The zero-order valence-corrected chi connectivity index (χ0v) is 18.1. The van der Waals surface area contributed by atoms with Crippen molar-refractivity contribution in [2.45, 2.75) is 57.4 Å². The van der Waals surface area contributed by atoms with Crippen LogP contribution in [0.1, 0.15) is 55.4 Å². The molecule has 1 atom stereocenters. The summed E-state index contributed by atoms with van der Waals surface area (Å²) in [5.74, 6) is 2.69. The monoisotopic (exact) mass is 427 g/mol. The fourth-order valence-corrected chi connectivity index (χ4v) is 5.93. The van der Waals surface area contributed by atoms with Gasteiger partial charge in [-0.15, -0.1) is 21.5 Å². The van der Waals surface area contributed by atoms with Crippen LogP contribution in [-0.4, -0.2) is 43.6 Å². The van der Waals surface area contributed by atoms with Crippen molar-refractivity contribution in [1.82, 2.24) is 24.6 Å². The Balaban J connectivity index is 1.26. The molecule has 0 aliphatic carbocycles. The molecule has 2 aliphatic rings. The highest BCUT2D eigenvalue weighted by molar-refractivity contribution is 7.14. The van der Waals surface area contributed by atoms with Gasteiger partial charge in [-0.05, 0) is 37.1 Å². The van der Waals surface area contributed by atoms with Crippen LogP contribution in [0.5, 0.6) is 0 Å². The van der Waals surface area contributed by atoms with Gasteiger partial charge in [0.15, 0.2) is 0 Å². The second kappa shape index (κ2) is 8.36. The Kier molecular flexibility index (Phi) is 5.46. The minimum absolute atomic E-state index is 0.174. The minimum atomic E-state index is 0.174. The smallest absolute Gasteiger partial charge is 0.228 e. The lowest BCUT2D eigenvalue weighted by molar-refractivity contribution is -0.131. The lowest BCUT2D eigenvalue weighted by Gasteiger charge is -2.32. The number of aromatic nitrogens is 4. The van der Waals surface area contributed by atoms with Crippen LogP contribution in [0.3, 0.4) is 0 Å². The van der Waals surface area contributed by atoms with Crippen molar-refractivity contribution in [1.29, 1.82) is 0 Å². The zero-order chi connectivity index (χ0) is 19.6. The number of hydrogen-bond donors (Lipinski definition) is 0. The zero-order valence-electron chi connectivity index (χ0n) is 16.4. The number of nitrogens with zero attached hydrogens (tertiary/aromatic N) is 5. The van der Waals surface area contributed by atoms with E-state index in [1.807, 2.05) is 10.3 Å². The fourth-order valence-electron chi connectivity index (χ4n) is 4.40. The van der Waals surface area contributed by atoms with Gasteiger partial charge in [-0.3, -0.25) is 4.79 Å². The van der Waals surface area contributed by atoms with Crippen molar-refractivity contribution >= 4 is 28.6 Å². The van der Waals surface area contributed by atoms with Gasteiger partial charge in [0, 0.05) is 48.3 Å². The average Bonchev–Trinajstić information content (AvgIpc) is 3.47. The molecule has 5 rings (SSSR count). The molecule has 1 saturated heterocycles. The molecule has 0 spiro atoms. The number of thiophene rings is 1. The normalized spacial score (nSPS) is 19.7. The Hall–Kier alpha value is -2.06. The van der Waals surface area contributed by atoms with Gasteiger partial charge in [-0.25, -0.2) is 4.98 Å². The first kappa shape index (κ1) is 18.9. The van der Waals surface area contributed by atoms with Gasteiger partial charge in [-0.2, -0.15) is 11.3 Å². The number of aryl methyl sites for hydroxylation is 1. The van der Waals surface area contributed by atoms with Gasteiger partial charge in [0.1, 0.15) is 16.7 Å². The molecule has 0 radical (unpaired) electrons. The number of amides is 1. The van der Waals surface area contributed by atoms with E-state index in [-0.39, 0.29) is 5.91 Å². The van der Waals surface area contributed by atoms with Crippen LogP contribution in [0.4, 0.5) is 0 Å². The number of rotatable bonds is 4. The first-order valence-corrected chi connectivity index (χ1v) is 12.3. The van der Waals surface area contributed by atoms with Crippen molar-refractivity contribution in [3.63, 3.8) is 0 Å². The number of likely N-dealkylation sites (tertiary alicyclic amines) is 1. The highest BCUT2D eigenvalue weighted by Gasteiger charge is 2.29. The molecule has 3 aromatic rings. The molecule has 0 bridgehead atoms. The van der Waals surface area contributed by atoms with E-state index in [4.69, 9.17) is 0 Å². The first-order valence-electron chi connectivity index (χ1n) is 10.4. The lowest BCUT2D eigenvalue weighted by atomic mass is 9.96. The van der Waals surface area contributed by atoms with Crippen LogP contribution < -0.4 is 0 Å². The van der Waals surface area contributed by atoms with Crippen LogP contribution in [-0.2, 0) is 24.2 Å². The Labute approximate surface area is 178 Å². The second-order valence-corrected chi connectivity index (χ2v) is 9.59. The summed E-state index contributed by atoms with van der Waals surface area (Å²) in [5.41, 5.74) is 2.02. The Morgan fingerprint density at radius 2 is 2.10 bits per heavy atom. The van der Waals surface area contributed by atoms with E-state index < -0.39 is 0 Å². The molecular weight excluding hydrogens is 402 g/mol. The third-order valence-corrected chi connectivity index (χ3v) is 7.55. The highest BCUT2D eigenvalue weighted by Crippen LogP contribution is 2.29. The largest absolute Gasteiger partial charge is 0.342 e. The number of carbonyl (C=O) groups excluding carboxylic acids is 1. The van der Waals surface area contributed by atoms with Crippen molar-refractivity contribution in [3.05, 3.63) is 39.5 Å². The molecule has 0 N–H and O–H groups in total. The summed E-state index contributed by atoms with van der Waals surface area (Å²) in [7, 11) is 0. The molecule has 1 fully saturated rings. The number of fused-ring (bicyclic) bond motifs is 1. The number of carbonyl (C=O) groups is 1. The van der Waals surface area contributed by atoms with Crippen LogP contribution >= 0.6 is 22.7 Å². The highest BCUT2D eigenvalue weighted by atomic mass is 32.1. The van der Waals surface area contributed by atoms with E-state index in [2.05, 4.69) is 36.6 Å². The van der Waals surface area contributed by atoms with Crippen LogP contribution in [0.25, 0.3) is 10.6 Å². The quantitative estimate of drug-likeness (QED) is 0.628. The number of hydrogen-bond acceptors (Lipinski definition) is 6. The fraction of sp³-hybridized carbons (Fsp3) is 0.524. The van der Waals surface area contributed by atoms with E-state index in [0.717, 1.165) is 66.8 Å². The predicted octanol–water partition coefficient (Wildman–Crippen LogP) is 4.14. The Morgan fingerprint density at radius 3 is 3.00 bits per heavy atom. The van der Waals surface area contributed by atoms with Crippen LogP contribution in [0, 0.1) is 0 Å². The molecule has 0 saturated carbocycles. The topological polar surface area (TPSA) is 63.9 Å². The third-order valence-electron chi connectivity index (χ3n) is 5.93. The standard InChI is InChI=1S/C21H25N5OS2/c27-19(11-17-14-29-21(22-17)16-7-10-28-13-16)25-8-4-5-15(12-25)20-24-23-18-6-2-1-3-9-26(18)20/h7,10,13-15H,1-6,8-9,11-12H2. The summed E-state index contributed by atoms with van der Waals surface area (Å²) in [6, 6.07) is 2.08. The molecule has 1 unspecified atom stereocenters. The summed E-state index contributed by atoms with van der Waals surface area (Å²) in [5, 5.41) is 16.2. The molecule has 0 aromatic carbocycles. The number of piperidine rings is 1. The van der Waals surface area contributed by atoms with Gasteiger partial charge in [0.25, 0.3) is 0 Å². The Morgan fingerprint density at radius 1 is 1.14 bits per heavy atom. The maximum Gasteiger partial charge on any atom is 0.228 e.